The number of ether oxygens (including phenoxy) is 1. The van der Waals surface area contributed by atoms with Crippen molar-refractivity contribution in [2.45, 2.75) is 70.3 Å². The standard InChI is InChI=1S/C34H43F3N6O4/c1-33(2,3)47-32(46)42-28(9-6-15-43-16-14-23(19-38)21-43)30(44)41-29(17-22-10-12-25(13-11-22)34(35,36)37)31(45)40-26-18-24-7-4-5-8-27(24)39-20-26/h4-5,7-8,10-13,18,20,23,28-29H,6,9,14-17,19,21,38H2,1-3H3,(H,40,45)(H,41,44)(H,42,46)/t23?,28-,29+/m0/s1. The highest BCUT2D eigenvalue weighted by atomic mass is 19.4. The smallest absolute Gasteiger partial charge is 0.416 e. The van der Waals surface area contributed by atoms with Gasteiger partial charge in [0.2, 0.25) is 11.8 Å². The number of alkyl halides is 3. The number of rotatable bonds is 12. The van der Waals surface area contributed by atoms with Gasteiger partial charge in [0, 0.05) is 18.4 Å². The maximum Gasteiger partial charge on any atom is 0.416 e. The lowest BCUT2D eigenvalue weighted by Gasteiger charge is -2.26. The lowest BCUT2D eigenvalue weighted by molar-refractivity contribution is -0.137. The third kappa shape index (κ3) is 10.9. The van der Waals surface area contributed by atoms with Crippen LogP contribution in [0.25, 0.3) is 10.9 Å². The summed E-state index contributed by atoms with van der Waals surface area (Å²) >= 11 is 0. The van der Waals surface area contributed by atoms with Crippen molar-refractivity contribution in [1.82, 2.24) is 20.5 Å². The van der Waals surface area contributed by atoms with Gasteiger partial charge in [0.1, 0.15) is 17.7 Å². The number of halogens is 3. The zero-order valence-electron chi connectivity index (χ0n) is 26.9. The van der Waals surface area contributed by atoms with E-state index in [2.05, 4.69) is 25.8 Å². The predicted octanol–water partition coefficient (Wildman–Crippen LogP) is 4.87. The van der Waals surface area contributed by atoms with Crippen molar-refractivity contribution in [1.29, 1.82) is 0 Å². The maximum absolute atomic E-state index is 13.7. The Morgan fingerprint density at radius 1 is 1.02 bits per heavy atom. The van der Waals surface area contributed by atoms with E-state index in [9.17, 15) is 27.6 Å². The van der Waals surface area contributed by atoms with Gasteiger partial charge < -0.3 is 31.3 Å². The summed E-state index contributed by atoms with van der Waals surface area (Å²) < 4.78 is 45.0. The van der Waals surface area contributed by atoms with Crippen LogP contribution >= 0.6 is 0 Å². The Morgan fingerprint density at radius 3 is 2.40 bits per heavy atom. The Kier molecular flexibility index (Phi) is 11.8. The predicted molar refractivity (Wildman–Crippen MR) is 173 cm³/mol. The number of likely N-dealkylation sites (tertiary alicyclic amines) is 1. The number of carbonyl (C=O) groups excluding carboxylic acids is 3. The molecule has 1 unspecified atom stereocenters. The van der Waals surface area contributed by atoms with Crippen molar-refractivity contribution in [3.8, 4) is 0 Å². The van der Waals surface area contributed by atoms with Crippen LogP contribution < -0.4 is 21.7 Å². The van der Waals surface area contributed by atoms with Crippen molar-refractivity contribution >= 4 is 34.5 Å². The molecule has 3 amide bonds. The average molecular weight is 657 g/mol. The Bertz CT molecular complexity index is 1530. The van der Waals surface area contributed by atoms with Crippen molar-refractivity contribution in [2.24, 2.45) is 11.7 Å². The van der Waals surface area contributed by atoms with Gasteiger partial charge in [-0.1, -0.05) is 30.3 Å². The molecule has 3 aromatic rings. The molecule has 13 heteroatoms. The van der Waals surface area contributed by atoms with E-state index in [1.54, 1.807) is 26.8 Å². The van der Waals surface area contributed by atoms with E-state index in [1.807, 2.05) is 24.3 Å². The van der Waals surface area contributed by atoms with Crippen molar-refractivity contribution < 1.29 is 32.3 Å². The number of amides is 3. The molecule has 254 valence electrons. The fraction of sp³-hybridized carbons (Fsp3) is 0.471. The van der Waals surface area contributed by atoms with Crippen LogP contribution in [0.2, 0.25) is 0 Å². The van der Waals surface area contributed by atoms with Gasteiger partial charge in [-0.05, 0) is 95.4 Å². The molecule has 47 heavy (non-hydrogen) atoms. The molecule has 2 heterocycles. The summed E-state index contributed by atoms with van der Waals surface area (Å²) in [5, 5.41) is 8.93. The molecule has 0 bridgehead atoms. The fourth-order valence-corrected chi connectivity index (χ4v) is 5.46. The summed E-state index contributed by atoms with van der Waals surface area (Å²) in [7, 11) is 0. The molecule has 0 radical (unpaired) electrons. The number of para-hydroxylation sites is 1. The summed E-state index contributed by atoms with van der Waals surface area (Å²) in [6.07, 6.45) is -2.09. The number of nitrogens with one attached hydrogen (secondary N) is 3. The highest BCUT2D eigenvalue weighted by Crippen LogP contribution is 2.29. The first kappa shape index (κ1) is 35.6. The van der Waals surface area contributed by atoms with Crippen LogP contribution in [0.1, 0.15) is 51.2 Å². The Hall–Kier alpha value is -4.23. The highest BCUT2D eigenvalue weighted by molar-refractivity contribution is 5.99. The van der Waals surface area contributed by atoms with Crippen molar-refractivity contribution in [3.63, 3.8) is 0 Å². The molecule has 1 aliphatic heterocycles. The van der Waals surface area contributed by atoms with Crippen LogP contribution in [0, 0.1) is 5.92 Å². The van der Waals surface area contributed by atoms with E-state index in [0.717, 1.165) is 42.5 Å². The molecule has 1 fully saturated rings. The largest absolute Gasteiger partial charge is 0.444 e. The van der Waals surface area contributed by atoms with E-state index in [0.29, 0.717) is 36.7 Å². The summed E-state index contributed by atoms with van der Waals surface area (Å²) in [5.74, 6) is -0.798. The number of aromatic nitrogens is 1. The third-order valence-corrected chi connectivity index (χ3v) is 7.89. The van der Waals surface area contributed by atoms with Gasteiger partial charge in [0.05, 0.1) is 23.0 Å². The Labute approximate surface area is 272 Å². The normalized spacial score (nSPS) is 16.8. The van der Waals surface area contributed by atoms with Gasteiger partial charge in [0.25, 0.3) is 0 Å². The minimum Gasteiger partial charge on any atom is -0.444 e. The minimum absolute atomic E-state index is 0.107. The molecule has 1 aliphatic rings. The molecule has 2 aromatic carbocycles. The second kappa shape index (κ2) is 15.6. The zero-order valence-corrected chi connectivity index (χ0v) is 26.9. The van der Waals surface area contributed by atoms with Crippen molar-refractivity contribution in [3.05, 3.63) is 71.9 Å². The minimum atomic E-state index is -4.52. The zero-order chi connectivity index (χ0) is 34.2. The van der Waals surface area contributed by atoms with Gasteiger partial charge in [-0.2, -0.15) is 13.2 Å². The summed E-state index contributed by atoms with van der Waals surface area (Å²) in [6.45, 7) is 8.18. The van der Waals surface area contributed by atoms with Crippen LogP contribution in [0.5, 0.6) is 0 Å². The number of carbonyl (C=O) groups is 3. The van der Waals surface area contributed by atoms with E-state index in [1.165, 1.54) is 18.3 Å². The quantitative estimate of drug-likeness (QED) is 0.218. The summed E-state index contributed by atoms with van der Waals surface area (Å²) in [4.78, 5) is 46.7. The van der Waals surface area contributed by atoms with Gasteiger partial charge in [-0.25, -0.2) is 4.79 Å². The van der Waals surface area contributed by atoms with Gasteiger partial charge in [-0.15, -0.1) is 0 Å². The second-order valence-electron chi connectivity index (χ2n) is 12.9. The van der Waals surface area contributed by atoms with Gasteiger partial charge in [0.15, 0.2) is 0 Å². The number of hydrogen-bond donors (Lipinski definition) is 4. The number of hydrogen-bond acceptors (Lipinski definition) is 7. The van der Waals surface area contributed by atoms with Gasteiger partial charge >= 0.3 is 12.3 Å². The molecule has 1 saturated heterocycles. The molecule has 3 atom stereocenters. The molecule has 0 spiro atoms. The number of anilines is 1. The SMILES string of the molecule is CC(C)(C)OC(=O)N[C@@H](CCCN1CCC(CN)C1)C(=O)N[C@H](Cc1ccc(C(F)(F)F)cc1)C(=O)Nc1cnc2ccccc2c1. The molecule has 0 saturated carbocycles. The molecule has 5 N–H and O–H groups in total. The molecule has 1 aromatic heterocycles. The van der Waals surface area contributed by atoms with E-state index < -0.39 is 47.3 Å². The number of alkyl carbamates (subject to hydrolysis) is 1. The summed E-state index contributed by atoms with van der Waals surface area (Å²) in [5.41, 5.74) is 5.68. The topological polar surface area (TPSA) is 139 Å². The Morgan fingerprint density at radius 2 is 1.74 bits per heavy atom. The number of benzene rings is 2. The first-order valence-corrected chi connectivity index (χ1v) is 15.7. The molecule has 0 aliphatic carbocycles. The highest BCUT2D eigenvalue weighted by Gasteiger charge is 2.32. The molecular weight excluding hydrogens is 613 g/mol. The Balaban J connectivity index is 1.53. The number of fused-ring (bicyclic) bond motifs is 1. The molecular formula is C34H43F3N6O4. The fourth-order valence-electron chi connectivity index (χ4n) is 5.46. The lowest BCUT2D eigenvalue weighted by Crippen LogP contribution is -2.54. The average Bonchev–Trinajstić information content (AvgIpc) is 3.47. The van der Waals surface area contributed by atoms with Crippen LogP contribution in [-0.2, 0) is 26.9 Å². The van der Waals surface area contributed by atoms with Crippen LogP contribution in [-0.4, -0.2) is 71.7 Å². The molecule has 10 nitrogen and oxygen atoms in total. The van der Waals surface area contributed by atoms with Crippen molar-refractivity contribution in [2.75, 3.05) is 31.5 Å². The van der Waals surface area contributed by atoms with Crippen LogP contribution in [0.4, 0.5) is 23.7 Å². The van der Waals surface area contributed by atoms with Gasteiger partial charge in [-0.3, -0.25) is 14.6 Å². The lowest BCUT2D eigenvalue weighted by atomic mass is 10.0. The van der Waals surface area contributed by atoms with E-state index in [4.69, 9.17) is 10.5 Å². The molecule has 4 rings (SSSR count). The number of pyridine rings is 1. The second-order valence-corrected chi connectivity index (χ2v) is 12.9. The first-order valence-electron chi connectivity index (χ1n) is 15.7. The maximum atomic E-state index is 13.7. The van der Waals surface area contributed by atoms with Crippen LogP contribution in [0.15, 0.2) is 60.8 Å². The summed E-state index contributed by atoms with van der Waals surface area (Å²) in [6, 6.07) is 11.2. The van der Waals surface area contributed by atoms with Crippen LogP contribution in [0.3, 0.4) is 0 Å². The number of nitrogens with two attached hydrogens (primary N) is 1. The monoisotopic (exact) mass is 656 g/mol. The van der Waals surface area contributed by atoms with E-state index in [-0.39, 0.29) is 12.8 Å². The van der Waals surface area contributed by atoms with E-state index >= 15 is 0 Å². The third-order valence-electron chi connectivity index (χ3n) is 7.89. The number of nitrogens with zero attached hydrogens (tertiary/aromatic N) is 2. The first-order chi connectivity index (χ1) is 22.2.